The lowest BCUT2D eigenvalue weighted by Gasteiger charge is -1.95. The zero-order valence-corrected chi connectivity index (χ0v) is 11.9. The van der Waals surface area contributed by atoms with Crippen molar-refractivity contribution in [3.8, 4) is 5.88 Å². The van der Waals surface area contributed by atoms with Crippen molar-refractivity contribution in [1.29, 1.82) is 0 Å². The maximum Gasteiger partial charge on any atom is 0.211 e. The summed E-state index contributed by atoms with van der Waals surface area (Å²) < 4.78 is 12.0. The Morgan fingerprint density at radius 2 is 2.16 bits per heavy atom. The summed E-state index contributed by atoms with van der Waals surface area (Å²) in [5.74, 6) is -0.170. The van der Waals surface area contributed by atoms with Gasteiger partial charge in [-0.2, -0.15) is 5.10 Å². The summed E-state index contributed by atoms with van der Waals surface area (Å²) in [6.45, 7) is 0. The van der Waals surface area contributed by atoms with Crippen LogP contribution in [0.4, 0.5) is 0 Å². The largest absolute Gasteiger partial charge is 0.481 e. The monoisotopic (exact) mass is 326 g/mol. The molecule has 2 heterocycles. The molecule has 0 aliphatic rings. The number of rotatable bonds is 5. The van der Waals surface area contributed by atoms with E-state index in [0.29, 0.717) is 10.5 Å². The van der Waals surface area contributed by atoms with Gasteiger partial charge < -0.3 is 9.15 Å². The Hall–Kier alpha value is -1.89. The second-order valence-corrected chi connectivity index (χ2v) is 4.60. The van der Waals surface area contributed by atoms with Crippen LogP contribution in [0, 0.1) is 0 Å². The first-order valence-electron chi connectivity index (χ1n) is 5.41. The van der Waals surface area contributed by atoms with Crippen LogP contribution >= 0.6 is 15.9 Å². The maximum absolute atomic E-state index is 11.9. The van der Waals surface area contributed by atoms with E-state index in [9.17, 15) is 9.59 Å². The second-order valence-electron chi connectivity index (χ2n) is 3.82. The standard InChI is InChI=1S/C12H11BrN2O4/c1-15-12(18-2)5-7(14-15)8(16)6-9(17)10-3-4-11(13)19-10/h3-5H,6H2,1-2H3. The summed E-state index contributed by atoms with van der Waals surface area (Å²) >= 11 is 3.10. The van der Waals surface area contributed by atoms with E-state index >= 15 is 0 Å². The summed E-state index contributed by atoms with van der Waals surface area (Å²) in [7, 11) is 3.14. The fraction of sp³-hybridized carbons (Fsp3) is 0.250. The molecule has 19 heavy (non-hydrogen) atoms. The first-order chi connectivity index (χ1) is 9.01. The van der Waals surface area contributed by atoms with Gasteiger partial charge in [0.2, 0.25) is 11.7 Å². The van der Waals surface area contributed by atoms with Gasteiger partial charge in [-0.1, -0.05) is 0 Å². The van der Waals surface area contributed by atoms with Crippen molar-refractivity contribution < 1.29 is 18.7 Å². The van der Waals surface area contributed by atoms with E-state index in [4.69, 9.17) is 9.15 Å². The third-order valence-corrected chi connectivity index (χ3v) is 2.93. The Morgan fingerprint density at radius 1 is 1.42 bits per heavy atom. The van der Waals surface area contributed by atoms with Crippen molar-refractivity contribution in [1.82, 2.24) is 9.78 Å². The minimum absolute atomic E-state index is 0.142. The normalized spacial score (nSPS) is 10.5. The van der Waals surface area contributed by atoms with Crippen LogP contribution in [0.5, 0.6) is 5.88 Å². The topological polar surface area (TPSA) is 74.3 Å². The van der Waals surface area contributed by atoms with Gasteiger partial charge in [0.15, 0.2) is 16.2 Å². The highest BCUT2D eigenvalue weighted by Gasteiger charge is 2.19. The average Bonchev–Trinajstić information content (AvgIpc) is 2.95. The number of halogens is 1. The number of hydrogen-bond acceptors (Lipinski definition) is 5. The van der Waals surface area contributed by atoms with E-state index in [1.165, 1.54) is 23.9 Å². The Morgan fingerprint density at radius 3 is 2.68 bits per heavy atom. The number of methoxy groups -OCH3 is 1. The minimum Gasteiger partial charge on any atom is -0.481 e. The summed E-state index contributed by atoms with van der Waals surface area (Å²) in [5.41, 5.74) is 0.193. The van der Waals surface area contributed by atoms with E-state index in [-0.39, 0.29) is 29.4 Å². The lowest BCUT2D eigenvalue weighted by molar-refractivity contribution is 0.0874. The van der Waals surface area contributed by atoms with Crippen molar-refractivity contribution >= 4 is 27.5 Å². The Kier molecular flexibility index (Phi) is 3.84. The molecule has 0 aliphatic heterocycles. The van der Waals surface area contributed by atoms with Gasteiger partial charge in [0.1, 0.15) is 5.69 Å². The molecule has 0 unspecified atom stereocenters. The molecular formula is C12H11BrN2O4. The van der Waals surface area contributed by atoms with Crippen LogP contribution in [0.1, 0.15) is 27.5 Å². The molecule has 100 valence electrons. The molecule has 0 atom stereocenters. The van der Waals surface area contributed by atoms with Gasteiger partial charge >= 0.3 is 0 Å². The fourth-order valence-electron chi connectivity index (χ4n) is 1.57. The van der Waals surface area contributed by atoms with Gasteiger partial charge in [-0.25, -0.2) is 4.68 Å². The van der Waals surface area contributed by atoms with Crippen molar-refractivity contribution in [2.45, 2.75) is 6.42 Å². The lowest BCUT2D eigenvalue weighted by Crippen LogP contribution is -2.09. The van der Waals surface area contributed by atoms with Gasteiger partial charge in [-0.05, 0) is 28.1 Å². The number of ether oxygens (including phenoxy) is 1. The average molecular weight is 327 g/mol. The van der Waals surface area contributed by atoms with Gasteiger partial charge in [-0.3, -0.25) is 9.59 Å². The highest BCUT2D eigenvalue weighted by molar-refractivity contribution is 9.10. The van der Waals surface area contributed by atoms with Crippen LogP contribution in [0.25, 0.3) is 0 Å². The minimum atomic E-state index is -0.389. The maximum atomic E-state index is 11.9. The second kappa shape index (κ2) is 5.40. The van der Waals surface area contributed by atoms with Crippen LogP contribution in [0.3, 0.4) is 0 Å². The highest BCUT2D eigenvalue weighted by atomic mass is 79.9. The van der Waals surface area contributed by atoms with Crippen LogP contribution in [-0.2, 0) is 7.05 Å². The molecule has 2 aromatic heterocycles. The molecule has 0 saturated heterocycles. The molecule has 2 rings (SSSR count). The van der Waals surface area contributed by atoms with Crippen molar-refractivity contribution in [2.75, 3.05) is 7.11 Å². The van der Waals surface area contributed by atoms with Crippen LogP contribution in [0.15, 0.2) is 27.3 Å². The van der Waals surface area contributed by atoms with E-state index in [1.54, 1.807) is 13.1 Å². The SMILES string of the molecule is COc1cc(C(=O)CC(=O)c2ccc(Br)o2)nn1C. The summed E-state index contributed by atoms with van der Waals surface area (Å²) in [5, 5.41) is 3.98. The number of carbonyl (C=O) groups is 2. The molecule has 0 radical (unpaired) electrons. The van der Waals surface area contributed by atoms with Crippen LogP contribution in [0.2, 0.25) is 0 Å². The third-order valence-electron chi connectivity index (χ3n) is 2.50. The van der Waals surface area contributed by atoms with Crippen molar-refractivity contribution in [2.24, 2.45) is 7.05 Å². The predicted octanol–water partition coefficient (Wildman–Crippen LogP) is 2.24. The molecule has 0 bridgehead atoms. The van der Waals surface area contributed by atoms with Crippen LogP contribution in [-0.4, -0.2) is 28.5 Å². The molecule has 7 heteroatoms. The molecule has 0 aliphatic carbocycles. The molecule has 0 fully saturated rings. The van der Waals surface area contributed by atoms with Crippen molar-refractivity contribution in [3.05, 3.63) is 34.3 Å². The summed E-state index contributed by atoms with van der Waals surface area (Å²) in [6.07, 6.45) is -0.292. The zero-order valence-electron chi connectivity index (χ0n) is 10.3. The smallest absolute Gasteiger partial charge is 0.211 e. The molecule has 0 aromatic carbocycles. The Bertz CT molecular complexity index is 629. The third kappa shape index (κ3) is 2.93. The summed E-state index contributed by atoms with van der Waals surface area (Å²) in [4.78, 5) is 23.7. The molecule has 0 spiro atoms. The fourth-order valence-corrected chi connectivity index (χ4v) is 1.87. The zero-order chi connectivity index (χ0) is 14.0. The summed E-state index contributed by atoms with van der Waals surface area (Å²) in [6, 6.07) is 4.61. The van der Waals surface area contributed by atoms with E-state index in [0.717, 1.165) is 0 Å². The first kappa shape index (κ1) is 13.5. The molecule has 0 N–H and O–H groups in total. The lowest BCUT2D eigenvalue weighted by atomic mass is 10.1. The number of Topliss-reactive ketones (excluding diaryl/α,β-unsaturated/α-hetero) is 2. The van der Waals surface area contributed by atoms with E-state index in [1.807, 2.05) is 0 Å². The first-order valence-corrected chi connectivity index (χ1v) is 6.20. The molecule has 2 aromatic rings. The number of aromatic nitrogens is 2. The molecule has 0 saturated carbocycles. The molecular weight excluding hydrogens is 316 g/mol. The quantitative estimate of drug-likeness (QED) is 0.622. The number of furan rings is 1. The number of aryl methyl sites for hydroxylation is 1. The number of carbonyl (C=O) groups excluding carboxylic acids is 2. The van der Waals surface area contributed by atoms with Gasteiger partial charge in [0.05, 0.1) is 13.5 Å². The number of ketones is 2. The molecule has 6 nitrogen and oxygen atoms in total. The number of hydrogen-bond donors (Lipinski definition) is 0. The van der Waals surface area contributed by atoms with E-state index < -0.39 is 0 Å². The van der Waals surface area contributed by atoms with E-state index in [2.05, 4.69) is 21.0 Å². The Labute approximate surface area is 117 Å². The van der Waals surface area contributed by atoms with Crippen molar-refractivity contribution in [3.63, 3.8) is 0 Å². The highest BCUT2D eigenvalue weighted by Crippen LogP contribution is 2.17. The van der Waals surface area contributed by atoms with Gasteiger partial charge in [0.25, 0.3) is 0 Å². The van der Waals surface area contributed by atoms with Gasteiger partial charge in [-0.15, -0.1) is 0 Å². The number of nitrogens with zero attached hydrogens (tertiary/aromatic N) is 2. The van der Waals surface area contributed by atoms with Gasteiger partial charge in [0, 0.05) is 13.1 Å². The molecule has 0 amide bonds. The van der Waals surface area contributed by atoms with Crippen LogP contribution < -0.4 is 4.74 Å². The predicted molar refractivity (Wildman–Crippen MR) is 69.4 cm³/mol. The Balaban J connectivity index is 2.10.